The third-order valence-electron chi connectivity index (χ3n) is 5.25. The van der Waals surface area contributed by atoms with Crippen LogP contribution >= 0.6 is 11.3 Å². The number of amides is 1. The molecule has 0 radical (unpaired) electrons. The van der Waals surface area contributed by atoms with Crippen LogP contribution in [0.2, 0.25) is 0 Å². The first-order valence-electron chi connectivity index (χ1n) is 10.6. The second kappa shape index (κ2) is 10.5. The summed E-state index contributed by atoms with van der Waals surface area (Å²) in [4.78, 5) is 12.3. The van der Waals surface area contributed by atoms with Crippen LogP contribution in [0.25, 0.3) is 0 Å². The summed E-state index contributed by atoms with van der Waals surface area (Å²) in [5, 5.41) is 9.95. The molecule has 1 fully saturated rings. The third kappa shape index (κ3) is 5.49. The molecule has 2 aromatic carbocycles. The molecule has 0 aliphatic carbocycles. The van der Waals surface area contributed by atoms with Crippen LogP contribution in [0.5, 0.6) is 5.75 Å². The van der Waals surface area contributed by atoms with Gasteiger partial charge in [0.2, 0.25) is 15.2 Å². The zero-order valence-electron chi connectivity index (χ0n) is 19.3. The number of methoxy groups -OCH3 is 1. The summed E-state index contributed by atoms with van der Waals surface area (Å²) in [5.74, 6) is -0.379. The number of ether oxygens (including phenoxy) is 2. The van der Waals surface area contributed by atoms with Gasteiger partial charge in [0.1, 0.15) is 10.6 Å². The van der Waals surface area contributed by atoms with Gasteiger partial charge in [0.05, 0.1) is 26.0 Å². The Morgan fingerprint density at radius 1 is 1.08 bits per heavy atom. The Kier molecular flexibility index (Phi) is 7.56. The topological polar surface area (TPSA) is 157 Å². The van der Waals surface area contributed by atoms with Gasteiger partial charge in [-0.2, -0.15) is 12.7 Å². The molecular formula is C21H23N5O7S3. The van der Waals surface area contributed by atoms with Crippen molar-refractivity contribution in [1.29, 1.82) is 0 Å². The number of sulfonamides is 2. The molecule has 1 amide bonds. The lowest BCUT2D eigenvalue weighted by Gasteiger charge is -2.26. The molecule has 192 valence electrons. The second-order valence-corrected chi connectivity index (χ2v) is 12.4. The Hall–Kier alpha value is -3.11. The minimum atomic E-state index is -4.23. The summed E-state index contributed by atoms with van der Waals surface area (Å²) in [6, 6.07) is 10.8. The summed E-state index contributed by atoms with van der Waals surface area (Å²) in [6.07, 6.45) is 0. The highest BCUT2D eigenvalue weighted by Crippen LogP contribution is 2.31. The molecule has 4 rings (SSSR count). The molecule has 0 saturated carbocycles. The summed E-state index contributed by atoms with van der Waals surface area (Å²) in [7, 11) is -6.87. The summed E-state index contributed by atoms with van der Waals surface area (Å²) >= 11 is 0.658. The SMILES string of the molecule is COc1ccc(NS(=O)(=O)c2nnc(NC(=O)c3ccccc3C)s2)cc1S(=O)(=O)N1CCOCC1. The van der Waals surface area contributed by atoms with E-state index < -0.39 is 30.3 Å². The number of anilines is 2. The van der Waals surface area contributed by atoms with Crippen molar-refractivity contribution in [2.75, 3.05) is 43.5 Å². The van der Waals surface area contributed by atoms with Crippen LogP contribution in [-0.2, 0) is 24.8 Å². The highest BCUT2D eigenvalue weighted by molar-refractivity contribution is 7.94. The quantitative estimate of drug-likeness (QED) is 0.398. The van der Waals surface area contributed by atoms with Crippen LogP contribution < -0.4 is 14.8 Å². The smallest absolute Gasteiger partial charge is 0.291 e. The number of rotatable bonds is 8. The number of carbonyl (C=O) groups excluding carboxylic acids is 1. The zero-order chi connectivity index (χ0) is 25.9. The number of aryl methyl sites for hydroxylation is 1. The first-order chi connectivity index (χ1) is 17.1. The fraction of sp³-hybridized carbons (Fsp3) is 0.286. The summed E-state index contributed by atoms with van der Waals surface area (Å²) in [5.41, 5.74) is 1.15. The molecule has 1 aliphatic rings. The van der Waals surface area contributed by atoms with E-state index in [4.69, 9.17) is 9.47 Å². The van der Waals surface area contributed by atoms with Crippen molar-refractivity contribution in [3.8, 4) is 5.75 Å². The number of benzene rings is 2. The molecule has 2 N–H and O–H groups in total. The number of morpholine rings is 1. The lowest BCUT2D eigenvalue weighted by Crippen LogP contribution is -2.40. The normalized spacial score (nSPS) is 14.8. The molecule has 2 heterocycles. The molecule has 1 saturated heterocycles. The minimum Gasteiger partial charge on any atom is -0.495 e. The fourth-order valence-electron chi connectivity index (χ4n) is 3.43. The molecule has 0 unspecified atom stereocenters. The summed E-state index contributed by atoms with van der Waals surface area (Å²) in [6.45, 7) is 2.63. The average molecular weight is 554 g/mol. The predicted molar refractivity (Wildman–Crippen MR) is 132 cm³/mol. The molecule has 1 aromatic heterocycles. The molecule has 1 aliphatic heterocycles. The van der Waals surface area contributed by atoms with E-state index >= 15 is 0 Å². The Morgan fingerprint density at radius 2 is 1.81 bits per heavy atom. The Morgan fingerprint density at radius 3 is 2.50 bits per heavy atom. The van der Waals surface area contributed by atoms with E-state index in [0.29, 0.717) is 16.9 Å². The monoisotopic (exact) mass is 553 g/mol. The van der Waals surface area contributed by atoms with Crippen molar-refractivity contribution >= 4 is 48.1 Å². The van der Waals surface area contributed by atoms with E-state index in [9.17, 15) is 21.6 Å². The molecule has 36 heavy (non-hydrogen) atoms. The van der Waals surface area contributed by atoms with Crippen LogP contribution in [-0.4, -0.2) is 70.7 Å². The van der Waals surface area contributed by atoms with Gasteiger partial charge in [-0.05, 0) is 36.8 Å². The van der Waals surface area contributed by atoms with Gasteiger partial charge in [-0.1, -0.05) is 29.5 Å². The van der Waals surface area contributed by atoms with Gasteiger partial charge < -0.3 is 9.47 Å². The third-order valence-corrected chi connectivity index (χ3v) is 9.76. The maximum absolute atomic E-state index is 13.2. The van der Waals surface area contributed by atoms with E-state index in [1.807, 2.05) is 0 Å². The second-order valence-electron chi connectivity index (χ2n) is 7.63. The van der Waals surface area contributed by atoms with Gasteiger partial charge in [0.25, 0.3) is 20.3 Å². The zero-order valence-corrected chi connectivity index (χ0v) is 21.7. The fourth-order valence-corrected chi connectivity index (χ4v) is 6.96. The van der Waals surface area contributed by atoms with Crippen LogP contribution in [0, 0.1) is 6.92 Å². The van der Waals surface area contributed by atoms with Gasteiger partial charge >= 0.3 is 0 Å². The number of nitrogens with zero attached hydrogens (tertiary/aromatic N) is 3. The van der Waals surface area contributed by atoms with E-state index in [1.165, 1.54) is 29.6 Å². The van der Waals surface area contributed by atoms with Gasteiger partial charge in [0.15, 0.2) is 0 Å². The average Bonchev–Trinajstić information content (AvgIpc) is 3.34. The number of aromatic nitrogens is 2. The van der Waals surface area contributed by atoms with E-state index in [1.54, 1.807) is 31.2 Å². The Bertz CT molecular complexity index is 1480. The molecule has 0 spiro atoms. The lowest BCUT2D eigenvalue weighted by molar-refractivity contribution is 0.0729. The van der Waals surface area contributed by atoms with Gasteiger partial charge in [-0.3, -0.25) is 14.8 Å². The summed E-state index contributed by atoms with van der Waals surface area (Å²) < 4.78 is 65.7. The van der Waals surface area contributed by atoms with E-state index in [2.05, 4.69) is 20.2 Å². The van der Waals surface area contributed by atoms with Gasteiger partial charge in [0, 0.05) is 18.7 Å². The van der Waals surface area contributed by atoms with Crippen molar-refractivity contribution in [1.82, 2.24) is 14.5 Å². The van der Waals surface area contributed by atoms with Crippen LogP contribution in [0.3, 0.4) is 0 Å². The van der Waals surface area contributed by atoms with Crippen molar-refractivity contribution < 1.29 is 31.1 Å². The maximum Gasteiger partial charge on any atom is 0.291 e. The van der Waals surface area contributed by atoms with Gasteiger partial charge in [-0.25, -0.2) is 8.42 Å². The van der Waals surface area contributed by atoms with Crippen molar-refractivity contribution in [2.45, 2.75) is 16.2 Å². The van der Waals surface area contributed by atoms with Crippen LogP contribution in [0.4, 0.5) is 10.8 Å². The molecule has 12 nitrogen and oxygen atoms in total. The molecule has 3 aromatic rings. The Labute approximate surface area is 212 Å². The van der Waals surface area contributed by atoms with E-state index in [-0.39, 0.29) is 47.8 Å². The van der Waals surface area contributed by atoms with Crippen molar-refractivity contribution in [3.63, 3.8) is 0 Å². The number of hydrogen-bond donors (Lipinski definition) is 2. The van der Waals surface area contributed by atoms with Crippen LogP contribution in [0.15, 0.2) is 51.7 Å². The minimum absolute atomic E-state index is 0.00561. The maximum atomic E-state index is 13.2. The number of carbonyl (C=O) groups is 1. The van der Waals surface area contributed by atoms with Crippen molar-refractivity contribution in [3.05, 3.63) is 53.6 Å². The number of nitrogens with one attached hydrogen (secondary N) is 2. The first-order valence-corrected chi connectivity index (χ1v) is 14.3. The van der Waals surface area contributed by atoms with Crippen LogP contribution in [0.1, 0.15) is 15.9 Å². The predicted octanol–water partition coefficient (Wildman–Crippen LogP) is 1.93. The molecule has 15 heteroatoms. The first kappa shape index (κ1) is 26.0. The standard InChI is InChI=1S/C21H23N5O7S3/c1-14-5-3-4-6-16(14)19(27)22-20-23-24-21(34-20)35(28,29)25-15-7-8-17(32-2)18(13-15)36(30,31)26-9-11-33-12-10-26/h3-8,13,25H,9-12H2,1-2H3,(H,22,23,27). The number of hydrogen-bond acceptors (Lipinski definition) is 10. The largest absolute Gasteiger partial charge is 0.495 e. The highest BCUT2D eigenvalue weighted by atomic mass is 32.2. The highest BCUT2D eigenvalue weighted by Gasteiger charge is 2.30. The van der Waals surface area contributed by atoms with E-state index in [0.717, 1.165) is 5.56 Å². The lowest BCUT2D eigenvalue weighted by atomic mass is 10.1. The van der Waals surface area contributed by atoms with Gasteiger partial charge in [-0.15, -0.1) is 10.2 Å². The van der Waals surface area contributed by atoms with Crippen molar-refractivity contribution in [2.24, 2.45) is 0 Å². The Balaban J connectivity index is 1.55. The molecular weight excluding hydrogens is 530 g/mol. The molecule has 0 atom stereocenters. The molecule has 0 bridgehead atoms.